The van der Waals surface area contributed by atoms with Gasteiger partial charge in [-0.1, -0.05) is 156 Å². The lowest BCUT2D eigenvalue weighted by atomic mass is 9.59. The first-order chi connectivity index (χ1) is 39.5. The quantitative estimate of drug-likeness (QED) is 0.120. The van der Waals surface area contributed by atoms with E-state index in [9.17, 15) is 29.7 Å². The molecule has 388 valence electrons. The molecule has 2 unspecified atom stereocenters. The molecule has 3 N–H and O–H groups in total. The fourth-order valence-electron chi connectivity index (χ4n) is 9.84. The van der Waals surface area contributed by atoms with Crippen LogP contribution in [0.15, 0.2) is 182 Å². The first-order valence-electron chi connectivity index (χ1n) is 25.8. The summed E-state index contributed by atoms with van der Waals surface area (Å²) < 4.78 is -2.23. The Kier molecular flexibility index (Phi) is 14.5. The van der Waals surface area contributed by atoms with E-state index in [2.05, 4.69) is 133 Å². The molecule has 82 heavy (non-hydrogen) atoms. The van der Waals surface area contributed by atoms with E-state index in [1.54, 1.807) is 36.4 Å². The summed E-state index contributed by atoms with van der Waals surface area (Å²) in [6, 6.07) is 55.9. The molecule has 0 saturated heterocycles. The maximum absolute atomic E-state index is 11.8. The summed E-state index contributed by atoms with van der Waals surface area (Å²) in [6.07, 6.45) is 0. The topological polar surface area (TPSA) is 112 Å². The van der Waals surface area contributed by atoms with Gasteiger partial charge < -0.3 is 15.3 Å². The third-order valence-electron chi connectivity index (χ3n) is 14.3. The lowest BCUT2D eigenvalue weighted by Crippen LogP contribution is -2.45. The van der Waals surface area contributed by atoms with E-state index in [0.717, 1.165) is 66.8 Å². The second kappa shape index (κ2) is 22.1. The average molecular weight is 1190 g/mol. The molecule has 3 aliphatic rings. The number of aromatic carboxylic acids is 3. The third kappa shape index (κ3) is 10.7. The number of halogens is 2. The first kappa shape index (κ1) is 53.7. The Morgan fingerprint density at radius 2 is 0.439 bits per heavy atom. The predicted molar refractivity (Wildman–Crippen MR) is 327 cm³/mol. The van der Waals surface area contributed by atoms with E-state index in [0.29, 0.717) is 50.1 Å². The van der Waals surface area contributed by atoms with Gasteiger partial charge in [-0.05, 0) is 200 Å². The van der Waals surface area contributed by atoms with Gasteiger partial charge in [-0.15, -0.1) is 0 Å². The van der Waals surface area contributed by atoms with Crippen molar-refractivity contribution in [1.29, 1.82) is 0 Å². The molecule has 12 rings (SSSR count). The van der Waals surface area contributed by atoms with Gasteiger partial charge in [-0.2, -0.15) is 0 Å². The fraction of sp³-hybridized carbons (Fsp3) is 0.0676. The standard InChI is InChI=1S/C74H42Br2O6/c1-46-4-10-49(11-5-46)22-34-58-40-64-65(41-59(58)35-23-50-12-6-47(2)7-13-50)74(76)67-43-61(37-25-52-16-28-55(29-17-52)70(77)78)60(36-24-51-14-8-48(3)9-15-51)42-66(67)73(64,75)68-44-62(38-26-53-18-30-56(31-19-53)71(79)80)63(45-69(68)74)39-27-54-20-32-57(33-21-54)72(81)82/h4-21,28-33,40-45H,1-3H3,(H,77,78)(H,79,80)(H,81,82). The number of alkyl halides is 2. The monoisotopic (exact) mass is 1180 g/mol. The van der Waals surface area contributed by atoms with Crippen LogP contribution in [0.5, 0.6) is 0 Å². The van der Waals surface area contributed by atoms with E-state index in [4.69, 9.17) is 0 Å². The molecule has 8 heteroatoms. The average Bonchev–Trinajstić information content (AvgIpc) is 0.682. The summed E-state index contributed by atoms with van der Waals surface area (Å²) in [7, 11) is 0. The van der Waals surface area contributed by atoms with E-state index in [1.807, 2.05) is 99.6 Å². The molecule has 0 radical (unpaired) electrons. The van der Waals surface area contributed by atoms with Crippen LogP contribution in [0.25, 0.3) is 0 Å². The van der Waals surface area contributed by atoms with Crippen molar-refractivity contribution < 1.29 is 29.7 Å². The van der Waals surface area contributed by atoms with Crippen LogP contribution in [0.3, 0.4) is 0 Å². The number of carboxylic acid groups (broad SMARTS) is 3. The molecule has 2 atom stereocenters. The van der Waals surface area contributed by atoms with Gasteiger partial charge in [0.15, 0.2) is 0 Å². The van der Waals surface area contributed by atoms with Crippen molar-refractivity contribution in [3.8, 4) is 71.0 Å². The Morgan fingerprint density at radius 1 is 0.280 bits per heavy atom. The highest BCUT2D eigenvalue weighted by atomic mass is 79.9. The lowest BCUT2D eigenvalue weighted by molar-refractivity contribution is 0.0686. The molecule has 6 nitrogen and oxygen atoms in total. The molecule has 0 aromatic heterocycles. The number of carboxylic acids is 3. The molecule has 0 heterocycles. The second-order valence-electron chi connectivity index (χ2n) is 19.9. The van der Waals surface area contributed by atoms with Crippen LogP contribution in [0.4, 0.5) is 0 Å². The molecule has 2 bridgehead atoms. The van der Waals surface area contributed by atoms with Gasteiger partial charge in [0.2, 0.25) is 0 Å². The van der Waals surface area contributed by atoms with E-state index < -0.39 is 26.6 Å². The lowest BCUT2D eigenvalue weighted by Gasteiger charge is -2.52. The normalized spacial score (nSPS) is 14.5. The molecule has 3 aliphatic carbocycles. The number of hydrogen-bond donors (Lipinski definition) is 3. The van der Waals surface area contributed by atoms with Crippen molar-refractivity contribution in [1.82, 2.24) is 0 Å². The van der Waals surface area contributed by atoms with Crippen LogP contribution in [0.2, 0.25) is 0 Å². The summed E-state index contributed by atoms with van der Waals surface area (Å²) in [4.78, 5) is 35.4. The zero-order valence-corrected chi connectivity index (χ0v) is 47.3. The van der Waals surface area contributed by atoms with E-state index in [-0.39, 0.29) is 16.7 Å². The van der Waals surface area contributed by atoms with Crippen molar-refractivity contribution in [3.05, 3.63) is 316 Å². The van der Waals surface area contributed by atoms with E-state index >= 15 is 0 Å². The maximum Gasteiger partial charge on any atom is 0.335 e. The molecule has 0 spiro atoms. The van der Waals surface area contributed by atoms with Gasteiger partial charge in [0.05, 0.1) is 16.7 Å². The van der Waals surface area contributed by atoms with Crippen LogP contribution in [0.1, 0.15) is 148 Å². The molecular weight excluding hydrogens is 1140 g/mol. The van der Waals surface area contributed by atoms with Gasteiger partial charge in [0.1, 0.15) is 8.65 Å². The van der Waals surface area contributed by atoms with Gasteiger partial charge in [-0.25, -0.2) is 14.4 Å². The highest BCUT2D eigenvalue weighted by Crippen LogP contribution is 2.67. The Labute approximate surface area is 492 Å². The predicted octanol–water partition coefficient (Wildman–Crippen LogP) is 14.1. The highest BCUT2D eigenvalue weighted by molar-refractivity contribution is 9.10. The number of rotatable bonds is 3. The number of benzene rings is 9. The fourth-order valence-corrected chi connectivity index (χ4v) is 11.8. The molecule has 0 amide bonds. The Balaban J connectivity index is 1.20. The van der Waals surface area contributed by atoms with Crippen LogP contribution in [-0.4, -0.2) is 33.2 Å². The van der Waals surface area contributed by atoms with Crippen molar-refractivity contribution in [2.24, 2.45) is 0 Å². The summed E-state index contributed by atoms with van der Waals surface area (Å²) in [5.41, 5.74) is 17.2. The SMILES string of the molecule is Cc1ccc(C#Cc2cc3c(cc2C#Cc2ccc(C)cc2)C2(Br)c4cc(C#Cc5ccc(C(=O)O)cc5)c(C#Cc5ccc(C)cc5)cc4C3(Br)c3cc(C#Cc4ccc(C(=O)O)cc4)c(C#Cc4ccc(C(=O)O)cc4)cc32)cc1. The zero-order valence-electron chi connectivity index (χ0n) is 44.1. The minimum absolute atomic E-state index is 0.133. The van der Waals surface area contributed by atoms with Crippen LogP contribution in [0, 0.1) is 91.8 Å². The smallest absolute Gasteiger partial charge is 0.335 e. The Hall–Kier alpha value is -10.3. The van der Waals surface area contributed by atoms with Gasteiger partial charge >= 0.3 is 17.9 Å². The summed E-state index contributed by atoms with van der Waals surface area (Å²) in [6.45, 7) is 6.11. The van der Waals surface area contributed by atoms with Crippen molar-refractivity contribution >= 4 is 49.8 Å². The maximum atomic E-state index is 11.8. The highest BCUT2D eigenvalue weighted by Gasteiger charge is 2.58. The largest absolute Gasteiger partial charge is 0.478 e. The van der Waals surface area contributed by atoms with Gasteiger partial charge in [0, 0.05) is 66.8 Å². The molecule has 0 saturated carbocycles. The second-order valence-corrected chi connectivity index (χ2v) is 22.3. The minimum atomic E-state index is -1.12. The van der Waals surface area contributed by atoms with Crippen molar-refractivity contribution in [3.63, 3.8) is 0 Å². The van der Waals surface area contributed by atoms with E-state index in [1.165, 1.54) is 36.4 Å². The third-order valence-corrected chi connectivity index (χ3v) is 16.9. The molecule has 9 aromatic rings. The van der Waals surface area contributed by atoms with Crippen molar-refractivity contribution in [2.45, 2.75) is 29.4 Å². The number of hydrogen-bond acceptors (Lipinski definition) is 3. The molecule has 0 aliphatic heterocycles. The summed E-state index contributed by atoms with van der Waals surface area (Å²) in [5.74, 6) is 37.7. The first-order valence-corrected chi connectivity index (χ1v) is 27.4. The van der Waals surface area contributed by atoms with Crippen LogP contribution >= 0.6 is 31.9 Å². The summed E-state index contributed by atoms with van der Waals surface area (Å²) in [5, 5.41) is 29.0. The minimum Gasteiger partial charge on any atom is -0.478 e. The molecule has 0 fully saturated rings. The Bertz CT molecular complexity index is 4580. The number of aryl methyl sites for hydroxylation is 3. The Morgan fingerprint density at radius 3 is 0.598 bits per heavy atom. The molecular formula is C74H42Br2O6. The zero-order chi connectivity index (χ0) is 57.3. The number of carbonyl (C=O) groups is 3. The molecule has 9 aromatic carbocycles. The van der Waals surface area contributed by atoms with Gasteiger partial charge in [0.25, 0.3) is 0 Å². The summed E-state index contributed by atoms with van der Waals surface area (Å²) >= 11 is 9.00. The van der Waals surface area contributed by atoms with Crippen molar-refractivity contribution in [2.75, 3.05) is 0 Å². The van der Waals surface area contributed by atoms with Crippen LogP contribution in [-0.2, 0) is 8.65 Å². The van der Waals surface area contributed by atoms with Crippen LogP contribution < -0.4 is 0 Å². The van der Waals surface area contributed by atoms with Gasteiger partial charge in [-0.3, -0.25) is 0 Å².